The van der Waals surface area contributed by atoms with Crippen molar-refractivity contribution in [1.29, 1.82) is 0 Å². The molecule has 33 heavy (non-hydrogen) atoms. The summed E-state index contributed by atoms with van der Waals surface area (Å²) in [6, 6.07) is 11.1. The molecule has 0 unspecified atom stereocenters. The number of fused-ring (bicyclic) bond motifs is 1. The molecule has 7 nitrogen and oxygen atoms in total. The van der Waals surface area contributed by atoms with E-state index >= 15 is 0 Å². The van der Waals surface area contributed by atoms with Gasteiger partial charge in [0.15, 0.2) is 11.5 Å². The van der Waals surface area contributed by atoms with Crippen molar-refractivity contribution >= 4 is 50.5 Å². The summed E-state index contributed by atoms with van der Waals surface area (Å²) >= 11 is 7.83. The number of carbonyl (C=O) groups excluding carboxylic acids is 2. The van der Waals surface area contributed by atoms with Gasteiger partial charge in [-0.1, -0.05) is 43.1 Å². The third kappa shape index (κ3) is 6.03. The monoisotopic (exact) mass is 487 g/mol. The second-order valence-electron chi connectivity index (χ2n) is 7.21. The van der Waals surface area contributed by atoms with Crippen LogP contribution in [0.4, 0.5) is 0 Å². The molecule has 1 aromatic heterocycles. The van der Waals surface area contributed by atoms with E-state index in [-0.39, 0.29) is 17.1 Å². The maximum atomic E-state index is 12.5. The van der Waals surface area contributed by atoms with Crippen LogP contribution in [0.25, 0.3) is 10.1 Å². The van der Waals surface area contributed by atoms with Crippen LogP contribution in [0, 0.1) is 0 Å². The largest absolute Gasteiger partial charge is 0.493 e. The van der Waals surface area contributed by atoms with E-state index in [4.69, 9.17) is 21.1 Å². The third-order valence-electron chi connectivity index (χ3n) is 5.00. The Bertz CT molecular complexity index is 1180. The van der Waals surface area contributed by atoms with Gasteiger partial charge in [0.2, 0.25) is 0 Å². The molecule has 0 bridgehead atoms. The van der Waals surface area contributed by atoms with Crippen LogP contribution in [0.15, 0.2) is 46.9 Å². The Morgan fingerprint density at radius 1 is 1.09 bits per heavy atom. The van der Waals surface area contributed by atoms with Crippen LogP contribution in [-0.2, 0) is 4.79 Å². The Morgan fingerprint density at radius 3 is 2.55 bits per heavy atom. The first-order chi connectivity index (χ1) is 16.0. The molecule has 3 rings (SSSR count). The van der Waals surface area contributed by atoms with E-state index in [1.807, 2.05) is 12.1 Å². The van der Waals surface area contributed by atoms with E-state index in [0.29, 0.717) is 11.5 Å². The number of unbranched alkanes of at least 4 members (excludes halogenated alkanes) is 1. The first-order valence-electron chi connectivity index (χ1n) is 10.5. The number of hydrazone groups is 1. The SMILES string of the molecule is CCCCC(=NNC(=O)CNC(=O)c1cc(OC)c(OC)cc1Cl)c1csc2ccccc12. The molecular weight excluding hydrogens is 462 g/mol. The van der Waals surface area contributed by atoms with Crippen molar-refractivity contribution in [3.8, 4) is 11.5 Å². The van der Waals surface area contributed by atoms with Crippen molar-refractivity contribution in [3.63, 3.8) is 0 Å². The van der Waals surface area contributed by atoms with Crippen LogP contribution >= 0.6 is 22.9 Å². The van der Waals surface area contributed by atoms with Gasteiger partial charge < -0.3 is 14.8 Å². The summed E-state index contributed by atoms with van der Waals surface area (Å²) in [5, 5.41) is 10.3. The summed E-state index contributed by atoms with van der Waals surface area (Å²) in [6.45, 7) is 1.86. The molecule has 3 aromatic rings. The highest BCUT2D eigenvalue weighted by Crippen LogP contribution is 2.33. The van der Waals surface area contributed by atoms with Crippen molar-refractivity contribution in [2.45, 2.75) is 26.2 Å². The van der Waals surface area contributed by atoms with Gasteiger partial charge in [0.1, 0.15) is 0 Å². The quantitative estimate of drug-likeness (QED) is 0.310. The molecule has 0 saturated carbocycles. The molecule has 2 amide bonds. The fourth-order valence-corrected chi connectivity index (χ4v) is 4.46. The van der Waals surface area contributed by atoms with Crippen LogP contribution in [0.2, 0.25) is 5.02 Å². The molecule has 0 atom stereocenters. The summed E-state index contributed by atoms with van der Waals surface area (Å²) < 4.78 is 11.5. The van der Waals surface area contributed by atoms with E-state index in [1.165, 1.54) is 31.1 Å². The Kier molecular flexibility index (Phi) is 8.68. The molecule has 0 radical (unpaired) electrons. The van der Waals surface area contributed by atoms with Crippen molar-refractivity contribution < 1.29 is 19.1 Å². The second-order valence-corrected chi connectivity index (χ2v) is 8.53. The lowest BCUT2D eigenvalue weighted by Gasteiger charge is -2.12. The van der Waals surface area contributed by atoms with E-state index in [0.717, 1.165) is 35.9 Å². The lowest BCUT2D eigenvalue weighted by atomic mass is 10.0. The summed E-state index contributed by atoms with van der Waals surface area (Å²) in [5.74, 6) is -0.167. The van der Waals surface area contributed by atoms with Gasteiger partial charge in [0.25, 0.3) is 11.8 Å². The summed E-state index contributed by atoms with van der Waals surface area (Å²) in [6.07, 6.45) is 2.70. The first-order valence-corrected chi connectivity index (χ1v) is 11.8. The second kappa shape index (κ2) is 11.7. The zero-order valence-electron chi connectivity index (χ0n) is 18.7. The normalized spacial score (nSPS) is 11.3. The maximum Gasteiger partial charge on any atom is 0.259 e. The van der Waals surface area contributed by atoms with Gasteiger partial charge in [0.05, 0.1) is 37.1 Å². The predicted molar refractivity (Wildman–Crippen MR) is 133 cm³/mol. The predicted octanol–water partition coefficient (Wildman–Crippen LogP) is 5.01. The molecule has 1 heterocycles. The summed E-state index contributed by atoms with van der Waals surface area (Å²) in [7, 11) is 2.94. The smallest absolute Gasteiger partial charge is 0.259 e. The highest BCUT2D eigenvalue weighted by atomic mass is 35.5. The van der Waals surface area contributed by atoms with Crippen LogP contribution in [-0.4, -0.2) is 38.3 Å². The summed E-state index contributed by atoms with van der Waals surface area (Å²) in [5.41, 5.74) is 4.58. The molecule has 9 heteroatoms. The lowest BCUT2D eigenvalue weighted by molar-refractivity contribution is -0.120. The number of amides is 2. The number of hydrogen-bond donors (Lipinski definition) is 2. The highest BCUT2D eigenvalue weighted by Gasteiger charge is 2.17. The molecular formula is C24H26ClN3O4S. The minimum absolute atomic E-state index is 0.180. The molecule has 0 spiro atoms. The molecule has 174 valence electrons. The van der Waals surface area contributed by atoms with E-state index in [1.54, 1.807) is 11.3 Å². The number of nitrogens with one attached hydrogen (secondary N) is 2. The number of ether oxygens (including phenoxy) is 2. The molecule has 0 aliphatic rings. The number of carbonyl (C=O) groups is 2. The Morgan fingerprint density at radius 2 is 1.82 bits per heavy atom. The van der Waals surface area contributed by atoms with Gasteiger partial charge in [0, 0.05) is 27.1 Å². The topological polar surface area (TPSA) is 89.0 Å². The number of halogens is 1. The molecule has 2 N–H and O–H groups in total. The number of nitrogens with zero attached hydrogens (tertiary/aromatic N) is 1. The third-order valence-corrected chi connectivity index (χ3v) is 6.28. The maximum absolute atomic E-state index is 12.5. The average Bonchev–Trinajstić information content (AvgIpc) is 3.26. The zero-order chi connectivity index (χ0) is 23.8. The zero-order valence-corrected chi connectivity index (χ0v) is 20.3. The minimum atomic E-state index is -0.505. The van der Waals surface area contributed by atoms with Crippen molar-refractivity contribution in [1.82, 2.24) is 10.7 Å². The Labute approximate surface area is 201 Å². The van der Waals surface area contributed by atoms with E-state index in [2.05, 4.69) is 40.3 Å². The lowest BCUT2D eigenvalue weighted by Crippen LogP contribution is -2.35. The van der Waals surface area contributed by atoms with Crippen LogP contribution < -0.4 is 20.2 Å². The number of benzene rings is 2. The Hall–Kier alpha value is -3.10. The fraction of sp³-hybridized carbons (Fsp3) is 0.292. The number of thiophene rings is 1. The van der Waals surface area contributed by atoms with Gasteiger partial charge in [-0.05, 0) is 25.0 Å². The standard InChI is InChI=1S/C24H26ClN3O4S/c1-4-5-9-19(17-14-33-22-10-7-6-8-15(17)22)27-28-23(29)13-26-24(30)16-11-20(31-2)21(32-3)12-18(16)25/h6-8,10-12,14H,4-5,9,13H2,1-3H3,(H,26,30)(H,28,29). The molecule has 0 fully saturated rings. The Balaban J connectivity index is 1.68. The van der Waals surface area contributed by atoms with Crippen LogP contribution in [0.1, 0.15) is 42.1 Å². The van der Waals surface area contributed by atoms with Crippen molar-refractivity contribution in [2.75, 3.05) is 20.8 Å². The van der Waals surface area contributed by atoms with E-state index in [9.17, 15) is 9.59 Å². The number of rotatable bonds is 10. The average molecular weight is 488 g/mol. The molecule has 2 aromatic carbocycles. The summed E-state index contributed by atoms with van der Waals surface area (Å²) in [4.78, 5) is 24.9. The fourth-order valence-electron chi connectivity index (χ4n) is 3.25. The molecule has 0 saturated heterocycles. The van der Waals surface area contributed by atoms with Crippen LogP contribution in [0.3, 0.4) is 0 Å². The van der Waals surface area contributed by atoms with Crippen molar-refractivity contribution in [3.05, 3.63) is 57.9 Å². The highest BCUT2D eigenvalue weighted by molar-refractivity contribution is 7.17. The van der Waals surface area contributed by atoms with Gasteiger partial charge in [-0.15, -0.1) is 11.3 Å². The first kappa shape index (κ1) is 24.5. The van der Waals surface area contributed by atoms with E-state index < -0.39 is 11.8 Å². The van der Waals surface area contributed by atoms with Crippen molar-refractivity contribution in [2.24, 2.45) is 5.10 Å². The number of hydrogen-bond acceptors (Lipinski definition) is 6. The molecule has 0 aliphatic carbocycles. The van der Waals surface area contributed by atoms with Gasteiger partial charge in [-0.2, -0.15) is 5.10 Å². The number of methoxy groups -OCH3 is 2. The van der Waals surface area contributed by atoms with Gasteiger partial charge >= 0.3 is 0 Å². The minimum Gasteiger partial charge on any atom is -0.493 e. The molecule has 0 aliphatic heterocycles. The van der Waals surface area contributed by atoms with Crippen LogP contribution in [0.5, 0.6) is 11.5 Å². The van der Waals surface area contributed by atoms with Gasteiger partial charge in [-0.25, -0.2) is 5.43 Å². The van der Waals surface area contributed by atoms with Gasteiger partial charge in [-0.3, -0.25) is 9.59 Å².